The molecule has 6 nitrogen and oxygen atoms in total. The molecule has 0 bridgehead atoms. The second-order valence-corrected chi connectivity index (χ2v) is 6.06. The van der Waals surface area contributed by atoms with Crippen LogP contribution in [-0.2, 0) is 4.79 Å². The summed E-state index contributed by atoms with van der Waals surface area (Å²) in [6.45, 7) is 6.09. The molecule has 1 fully saturated rings. The SMILES string of the molecule is Cc1c(Cl)cccc1N/C=C(/C#N)C(=O)N1CCN(CCN)CC1. The van der Waals surface area contributed by atoms with E-state index in [1.807, 2.05) is 25.1 Å². The zero-order valence-electron chi connectivity index (χ0n) is 13.8. The van der Waals surface area contributed by atoms with Crippen molar-refractivity contribution >= 4 is 23.2 Å². The summed E-state index contributed by atoms with van der Waals surface area (Å²) in [6, 6.07) is 7.44. The molecule has 0 unspecified atom stereocenters. The second-order valence-electron chi connectivity index (χ2n) is 5.65. The molecule has 2 rings (SSSR count). The summed E-state index contributed by atoms with van der Waals surface area (Å²) >= 11 is 6.07. The molecule has 1 aliphatic heterocycles. The van der Waals surface area contributed by atoms with Gasteiger partial charge < -0.3 is 16.0 Å². The fourth-order valence-corrected chi connectivity index (χ4v) is 2.76. The molecule has 0 atom stereocenters. The van der Waals surface area contributed by atoms with Crippen molar-refractivity contribution in [1.82, 2.24) is 9.80 Å². The van der Waals surface area contributed by atoms with Gasteiger partial charge in [-0.2, -0.15) is 5.26 Å². The molecule has 7 heteroatoms. The quantitative estimate of drug-likeness (QED) is 0.624. The molecule has 3 N–H and O–H groups in total. The highest BCUT2D eigenvalue weighted by Crippen LogP contribution is 2.23. The van der Waals surface area contributed by atoms with Crippen LogP contribution in [0.3, 0.4) is 0 Å². The molecule has 1 saturated heterocycles. The first kappa shape index (κ1) is 18.3. The van der Waals surface area contributed by atoms with Crippen LogP contribution in [-0.4, -0.2) is 55.0 Å². The van der Waals surface area contributed by atoms with E-state index in [2.05, 4.69) is 10.2 Å². The Labute approximate surface area is 147 Å². The topological polar surface area (TPSA) is 85.4 Å². The third-order valence-corrected chi connectivity index (χ3v) is 4.50. The van der Waals surface area contributed by atoms with Gasteiger partial charge in [-0.05, 0) is 24.6 Å². The van der Waals surface area contributed by atoms with Crippen LogP contribution in [0.5, 0.6) is 0 Å². The van der Waals surface area contributed by atoms with E-state index >= 15 is 0 Å². The number of halogens is 1. The number of benzene rings is 1. The Morgan fingerprint density at radius 2 is 2.12 bits per heavy atom. The maximum absolute atomic E-state index is 12.5. The number of nitrogens with two attached hydrogens (primary N) is 1. The molecule has 24 heavy (non-hydrogen) atoms. The third kappa shape index (κ3) is 4.48. The first-order chi connectivity index (χ1) is 11.6. The summed E-state index contributed by atoms with van der Waals surface area (Å²) in [7, 11) is 0. The van der Waals surface area contributed by atoms with Gasteiger partial charge in [0.25, 0.3) is 5.91 Å². The van der Waals surface area contributed by atoms with E-state index in [-0.39, 0.29) is 11.5 Å². The molecule has 1 aliphatic rings. The fraction of sp³-hybridized carbons (Fsp3) is 0.412. The summed E-state index contributed by atoms with van der Waals surface area (Å²) in [5, 5.41) is 13.0. The molecule has 0 aromatic heterocycles. The number of hydrogen-bond donors (Lipinski definition) is 2. The number of carbonyl (C=O) groups excluding carboxylic acids is 1. The number of carbonyl (C=O) groups is 1. The van der Waals surface area contributed by atoms with Crippen molar-refractivity contribution in [2.24, 2.45) is 5.73 Å². The molecular weight excluding hydrogens is 326 g/mol. The zero-order valence-corrected chi connectivity index (χ0v) is 14.5. The van der Waals surface area contributed by atoms with Crippen LogP contribution in [0.2, 0.25) is 5.02 Å². The van der Waals surface area contributed by atoms with Crippen LogP contribution in [0, 0.1) is 18.3 Å². The van der Waals surface area contributed by atoms with E-state index in [9.17, 15) is 10.1 Å². The van der Waals surface area contributed by atoms with Crippen LogP contribution in [0.4, 0.5) is 5.69 Å². The molecule has 1 aromatic rings. The first-order valence-corrected chi connectivity index (χ1v) is 8.28. The molecule has 0 aliphatic carbocycles. The van der Waals surface area contributed by atoms with Gasteiger partial charge in [-0.3, -0.25) is 9.69 Å². The summed E-state index contributed by atoms with van der Waals surface area (Å²) in [4.78, 5) is 16.4. The van der Waals surface area contributed by atoms with Gasteiger partial charge in [0.15, 0.2) is 0 Å². The minimum Gasteiger partial charge on any atom is -0.360 e. The van der Waals surface area contributed by atoms with Gasteiger partial charge >= 0.3 is 0 Å². The minimum absolute atomic E-state index is 0.0849. The number of piperazine rings is 1. The number of amides is 1. The molecule has 0 radical (unpaired) electrons. The number of rotatable bonds is 5. The van der Waals surface area contributed by atoms with Crippen LogP contribution >= 0.6 is 11.6 Å². The Balaban J connectivity index is 2.02. The lowest BCUT2D eigenvalue weighted by Crippen LogP contribution is -2.50. The normalized spacial score (nSPS) is 15.9. The van der Waals surface area contributed by atoms with Gasteiger partial charge in [-0.15, -0.1) is 0 Å². The van der Waals surface area contributed by atoms with Crippen molar-refractivity contribution < 1.29 is 4.79 Å². The lowest BCUT2D eigenvalue weighted by molar-refractivity contribution is -0.128. The fourth-order valence-electron chi connectivity index (χ4n) is 2.58. The van der Waals surface area contributed by atoms with Crippen LogP contribution in [0.15, 0.2) is 30.0 Å². The third-order valence-electron chi connectivity index (χ3n) is 4.10. The van der Waals surface area contributed by atoms with Gasteiger partial charge in [0.05, 0.1) is 0 Å². The Morgan fingerprint density at radius 3 is 2.75 bits per heavy atom. The zero-order chi connectivity index (χ0) is 17.5. The Hall–Kier alpha value is -2.07. The van der Waals surface area contributed by atoms with Crippen molar-refractivity contribution in [3.8, 4) is 6.07 Å². The summed E-state index contributed by atoms with van der Waals surface area (Å²) in [6.07, 6.45) is 1.45. The van der Waals surface area contributed by atoms with E-state index in [0.29, 0.717) is 24.7 Å². The molecule has 1 amide bonds. The average Bonchev–Trinajstić information content (AvgIpc) is 2.59. The van der Waals surface area contributed by atoms with Gasteiger partial charge in [0.2, 0.25) is 0 Å². The van der Waals surface area contributed by atoms with Crippen molar-refractivity contribution in [3.05, 3.63) is 40.6 Å². The molecule has 1 aromatic carbocycles. The summed E-state index contributed by atoms with van der Waals surface area (Å²) in [5.74, 6) is -0.253. The highest BCUT2D eigenvalue weighted by Gasteiger charge is 2.23. The highest BCUT2D eigenvalue weighted by molar-refractivity contribution is 6.31. The predicted molar refractivity (Wildman–Crippen MR) is 95.6 cm³/mol. The number of nitriles is 1. The molecule has 0 spiro atoms. The summed E-state index contributed by atoms with van der Waals surface area (Å²) in [5.41, 5.74) is 7.28. The van der Waals surface area contributed by atoms with Gasteiger partial charge in [-0.25, -0.2) is 0 Å². The number of nitrogens with one attached hydrogen (secondary N) is 1. The Morgan fingerprint density at radius 1 is 1.42 bits per heavy atom. The maximum atomic E-state index is 12.5. The van der Waals surface area contributed by atoms with Gasteiger partial charge in [-0.1, -0.05) is 17.7 Å². The largest absolute Gasteiger partial charge is 0.360 e. The first-order valence-electron chi connectivity index (χ1n) is 7.90. The number of anilines is 1. The molecule has 0 saturated carbocycles. The minimum atomic E-state index is -0.253. The lowest BCUT2D eigenvalue weighted by atomic mass is 10.2. The van der Waals surface area contributed by atoms with Crippen LogP contribution < -0.4 is 11.1 Å². The number of hydrogen-bond acceptors (Lipinski definition) is 5. The van der Waals surface area contributed by atoms with Crippen molar-refractivity contribution in [2.45, 2.75) is 6.92 Å². The number of nitrogens with zero attached hydrogens (tertiary/aromatic N) is 3. The second kappa shape index (κ2) is 8.69. The average molecular weight is 348 g/mol. The van der Waals surface area contributed by atoms with Gasteiger partial charge in [0, 0.05) is 56.2 Å². The van der Waals surface area contributed by atoms with Crippen LogP contribution in [0.25, 0.3) is 0 Å². The lowest BCUT2D eigenvalue weighted by Gasteiger charge is -2.34. The van der Waals surface area contributed by atoms with Crippen molar-refractivity contribution in [3.63, 3.8) is 0 Å². The van der Waals surface area contributed by atoms with E-state index in [1.165, 1.54) is 6.20 Å². The smallest absolute Gasteiger partial charge is 0.266 e. The van der Waals surface area contributed by atoms with E-state index in [0.717, 1.165) is 30.9 Å². The molecular formula is C17H22ClN5O. The maximum Gasteiger partial charge on any atom is 0.266 e. The van der Waals surface area contributed by atoms with E-state index in [1.54, 1.807) is 11.0 Å². The van der Waals surface area contributed by atoms with Crippen molar-refractivity contribution in [2.75, 3.05) is 44.6 Å². The van der Waals surface area contributed by atoms with Crippen molar-refractivity contribution in [1.29, 1.82) is 5.26 Å². The Kier molecular flexibility index (Phi) is 6.62. The highest BCUT2D eigenvalue weighted by atomic mass is 35.5. The standard InChI is InChI=1S/C17H22ClN5O/c1-13-15(18)3-2-4-16(13)21-12-14(11-20)17(24)23-9-7-22(6-5-19)8-10-23/h2-4,12,21H,5-10,19H2,1H3/b14-12-. The molecule has 128 valence electrons. The van der Waals surface area contributed by atoms with Crippen LogP contribution in [0.1, 0.15) is 5.56 Å². The Bertz CT molecular complexity index is 659. The predicted octanol–water partition coefficient (Wildman–Crippen LogP) is 1.57. The monoisotopic (exact) mass is 347 g/mol. The molecule has 1 heterocycles. The summed E-state index contributed by atoms with van der Waals surface area (Å²) < 4.78 is 0. The van der Waals surface area contributed by atoms with E-state index in [4.69, 9.17) is 17.3 Å². The van der Waals surface area contributed by atoms with E-state index < -0.39 is 0 Å². The van der Waals surface area contributed by atoms with Gasteiger partial charge in [0.1, 0.15) is 11.6 Å².